The Labute approximate surface area is 173 Å². The Bertz CT molecular complexity index is 772. The van der Waals surface area contributed by atoms with E-state index in [2.05, 4.69) is 46.7 Å². The molecule has 8 nitrogen and oxygen atoms in total. The van der Waals surface area contributed by atoms with E-state index < -0.39 is 10.0 Å². The van der Waals surface area contributed by atoms with Crippen LogP contribution in [0.2, 0.25) is 0 Å². The van der Waals surface area contributed by atoms with Crippen LogP contribution in [-0.4, -0.2) is 81.4 Å². The van der Waals surface area contributed by atoms with Gasteiger partial charge in [0, 0.05) is 45.3 Å². The van der Waals surface area contributed by atoms with E-state index >= 15 is 0 Å². The highest BCUT2D eigenvalue weighted by atomic mass is 32.2. The van der Waals surface area contributed by atoms with Gasteiger partial charge in [-0.3, -0.25) is 4.90 Å². The highest BCUT2D eigenvalue weighted by Crippen LogP contribution is 2.14. The Kier molecular flexibility index (Phi) is 7.88. The fourth-order valence-electron chi connectivity index (χ4n) is 3.79. The summed E-state index contributed by atoms with van der Waals surface area (Å²) in [4.78, 5) is 14.5. The van der Waals surface area contributed by atoms with Crippen LogP contribution >= 0.6 is 0 Å². The van der Waals surface area contributed by atoms with Gasteiger partial charge in [0.25, 0.3) is 0 Å². The van der Waals surface area contributed by atoms with Crippen molar-refractivity contribution in [2.75, 3.05) is 51.7 Å². The van der Waals surface area contributed by atoms with E-state index in [9.17, 15) is 13.2 Å². The van der Waals surface area contributed by atoms with Gasteiger partial charge in [-0.15, -0.1) is 0 Å². The predicted octanol–water partition coefficient (Wildman–Crippen LogP) is 0.921. The minimum Gasteiger partial charge on any atom is -0.379 e. The van der Waals surface area contributed by atoms with Crippen molar-refractivity contribution in [2.24, 2.45) is 0 Å². The molecule has 0 unspecified atom stereocenters. The summed E-state index contributed by atoms with van der Waals surface area (Å²) in [6, 6.07) is 8.38. The second-order valence-corrected chi connectivity index (χ2v) is 9.86. The number of carbonyl (C=O) groups excluding carboxylic acids is 1. The Balaban J connectivity index is 1.33. The van der Waals surface area contributed by atoms with Gasteiger partial charge < -0.3 is 15.4 Å². The summed E-state index contributed by atoms with van der Waals surface area (Å²) in [6.07, 6.45) is 1.79. The van der Waals surface area contributed by atoms with Gasteiger partial charge in [0.15, 0.2) is 0 Å². The Morgan fingerprint density at radius 1 is 1.17 bits per heavy atom. The Morgan fingerprint density at radius 3 is 2.59 bits per heavy atom. The number of sulfonamides is 1. The number of hydrogen-bond donors (Lipinski definition) is 2. The number of likely N-dealkylation sites (tertiary alicyclic amines) is 1. The van der Waals surface area contributed by atoms with Gasteiger partial charge in [0.2, 0.25) is 10.0 Å². The molecule has 1 aromatic carbocycles. The van der Waals surface area contributed by atoms with Crippen molar-refractivity contribution in [1.82, 2.24) is 19.8 Å². The van der Waals surface area contributed by atoms with Crippen molar-refractivity contribution < 1.29 is 17.9 Å². The molecule has 2 aliphatic rings. The molecule has 0 spiro atoms. The summed E-state index contributed by atoms with van der Waals surface area (Å²) in [5.74, 6) is -0.0879. The number of nitrogens with zero attached hydrogens (tertiary/aromatic N) is 2. The lowest BCUT2D eigenvalue weighted by Gasteiger charge is -2.32. The van der Waals surface area contributed by atoms with Gasteiger partial charge in [-0.05, 0) is 25.3 Å². The number of benzene rings is 1. The van der Waals surface area contributed by atoms with Gasteiger partial charge in [-0.1, -0.05) is 29.8 Å². The van der Waals surface area contributed by atoms with Crippen LogP contribution in [0.1, 0.15) is 24.0 Å². The SMILES string of the molecule is Cc1cccc(CN2CCC(NC(=O)NCCS(=O)(=O)N3CCOCC3)CC2)c1. The third kappa shape index (κ3) is 6.95. The zero-order valence-electron chi connectivity index (χ0n) is 17.1. The molecule has 2 amide bonds. The molecule has 29 heavy (non-hydrogen) atoms. The summed E-state index contributed by atoms with van der Waals surface area (Å²) in [7, 11) is -3.35. The fraction of sp³-hybridized carbons (Fsp3) is 0.650. The van der Waals surface area contributed by atoms with Gasteiger partial charge >= 0.3 is 6.03 Å². The van der Waals surface area contributed by atoms with Crippen molar-refractivity contribution in [2.45, 2.75) is 32.4 Å². The summed E-state index contributed by atoms with van der Waals surface area (Å²) < 4.78 is 31.1. The first-order chi connectivity index (χ1) is 13.9. The maximum Gasteiger partial charge on any atom is 0.315 e. The number of nitrogens with one attached hydrogen (secondary N) is 2. The van der Waals surface area contributed by atoms with Crippen molar-refractivity contribution in [3.05, 3.63) is 35.4 Å². The number of piperidine rings is 1. The highest BCUT2D eigenvalue weighted by Gasteiger charge is 2.24. The standard InChI is InChI=1S/C20H32N4O4S/c1-17-3-2-4-18(15-17)16-23-8-5-19(6-9-23)22-20(25)21-7-14-29(26,27)24-10-12-28-13-11-24/h2-4,15,19H,5-14,16H2,1H3,(H2,21,22,25). The minimum atomic E-state index is -3.35. The third-order valence-electron chi connectivity index (χ3n) is 5.42. The number of urea groups is 1. The third-order valence-corrected chi connectivity index (χ3v) is 7.29. The maximum atomic E-state index is 12.3. The summed E-state index contributed by atoms with van der Waals surface area (Å²) in [5.41, 5.74) is 2.59. The molecular formula is C20H32N4O4S. The Morgan fingerprint density at radius 2 is 1.90 bits per heavy atom. The van der Waals surface area contributed by atoms with Crippen LogP contribution in [0.15, 0.2) is 24.3 Å². The zero-order chi connectivity index (χ0) is 20.7. The average Bonchev–Trinajstić information content (AvgIpc) is 2.70. The normalized spacial score (nSPS) is 19.8. The van der Waals surface area contributed by atoms with E-state index in [0.717, 1.165) is 32.5 Å². The summed E-state index contributed by atoms with van der Waals surface area (Å²) in [6.45, 7) is 6.63. The number of ether oxygens (including phenoxy) is 1. The largest absolute Gasteiger partial charge is 0.379 e. The zero-order valence-corrected chi connectivity index (χ0v) is 17.9. The maximum absolute atomic E-state index is 12.3. The van der Waals surface area contributed by atoms with Crippen LogP contribution < -0.4 is 10.6 Å². The molecule has 2 heterocycles. The van der Waals surface area contributed by atoms with Crippen LogP contribution in [0.3, 0.4) is 0 Å². The molecule has 2 saturated heterocycles. The number of amides is 2. The quantitative estimate of drug-likeness (QED) is 0.679. The monoisotopic (exact) mass is 424 g/mol. The lowest BCUT2D eigenvalue weighted by Crippen LogP contribution is -2.49. The van der Waals surface area contributed by atoms with Gasteiger partial charge in [-0.25, -0.2) is 13.2 Å². The van der Waals surface area contributed by atoms with Crippen molar-refractivity contribution >= 4 is 16.1 Å². The fourth-order valence-corrected chi connectivity index (χ4v) is 5.11. The van der Waals surface area contributed by atoms with Crippen LogP contribution in [-0.2, 0) is 21.3 Å². The van der Waals surface area contributed by atoms with Gasteiger partial charge in [-0.2, -0.15) is 4.31 Å². The first-order valence-corrected chi connectivity index (χ1v) is 11.9. The van der Waals surface area contributed by atoms with E-state index in [-0.39, 0.29) is 24.4 Å². The van der Waals surface area contributed by atoms with Crippen LogP contribution in [0.4, 0.5) is 4.79 Å². The van der Waals surface area contributed by atoms with E-state index in [1.807, 2.05) is 0 Å². The molecule has 0 aliphatic carbocycles. The lowest BCUT2D eigenvalue weighted by molar-refractivity contribution is 0.0730. The van der Waals surface area contributed by atoms with Crippen LogP contribution in [0.5, 0.6) is 0 Å². The molecule has 162 valence electrons. The molecule has 0 radical (unpaired) electrons. The van der Waals surface area contributed by atoms with E-state index in [1.165, 1.54) is 15.4 Å². The lowest BCUT2D eigenvalue weighted by atomic mass is 10.0. The molecule has 0 atom stereocenters. The van der Waals surface area contributed by atoms with Crippen molar-refractivity contribution in [1.29, 1.82) is 0 Å². The number of aryl methyl sites for hydroxylation is 1. The van der Waals surface area contributed by atoms with E-state index in [4.69, 9.17) is 4.74 Å². The van der Waals surface area contributed by atoms with Crippen LogP contribution in [0, 0.1) is 6.92 Å². The first-order valence-electron chi connectivity index (χ1n) is 10.3. The number of hydrogen-bond acceptors (Lipinski definition) is 5. The molecule has 9 heteroatoms. The molecular weight excluding hydrogens is 392 g/mol. The topological polar surface area (TPSA) is 91.0 Å². The number of rotatable bonds is 7. The minimum absolute atomic E-state index is 0.0879. The first kappa shape index (κ1) is 22.0. The molecule has 0 bridgehead atoms. The van der Waals surface area contributed by atoms with E-state index in [1.54, 1.807) is 0 Å². The van der Waals surface area contributed by atoms with E-state index in [0.29, 0.717) is 26.3 Å². The molecule has 0 saturated carbocycles. The number of carbonyl (C=O) groups is 1. The molecule has 1 aromatic rings. The molecule has 2 N–H and O–H groups in total. The number of morpholine rings is 1. The molecule has 3 rings (SSSR count). The van der Waals surface area contributed by atoms with Crippen molar-refractivity contribution in [3.8, 4) is 0 Å². The second kappa shape index (κ2) is 10.4. The predicted molar refractivity (Wildman–Crippen MR) is 112 cm³/mol. The Hall–Kier alpha value is -1.68. The molecule has 0 aromatic heterocycles. The molecule has 2 aliphatic heterocycles. The smallest absolute Gasteiger partial charge is 0.315 e. The summed E-state index contributed by atoms with van der Waals surface area (Å²) in [5, 5.41) is 5.65. The molecule has 2 fully saturated rings. The van der Waals surface area contributed by atoms with Gasteiger partial charge in [0.1, 0.15) is 0 Å². The average molecular weight is 425 g/mol. The van der Waals surface area contributed by atoms with Crippen LogP contribution in [0.25, 0.3) is 0 Å². The summed E-state index contributed by atoms with van der Waals surface area (Å²) >= 11 is 0. The van der Waals surface area contributed by atoms with Crippen molar-refractivity contribution in [3.63, 3.8) is 0 Å². The highest BCUT2D eigenvalue weighted by molar-refractivity contribution is 7.89. The van der Waals surface area contributed by atoms with Gasteiger partial charge in [0.05, 0.1) is 19.0 Å². The second-order valence-electron chi connectivity index (χ2n) is 7.77.